The lowest BCUT2D eigenvalue weighted by molar-refractivity contribution is -0.140. The summed E-state index contributed by atoms with van der Waals surface area (Å²) in [4.78, 5) is 25.1. The molecule has 1 aromatic carbocycles. The van der Waals surface area contributed by atoms with Gasteiger partial charge in [0.2, 0.25) is 5.91 Å². The van der Waals surface area contributed by atoms with Gasteiger partial charge in [-0.05, 0) is 43.2 Å². The Labute approximate surface area is 140 Å². The van der Waals surface area contributed by atoms with Crippen LogP contribution in [0.1, 0.15) is 56.9 Å². The van der Waals surface area contributed by atoms with Crippen molar-refractivity contribution in [3.05, 3.63) is 35.4 Å². The van der Waals surface area contributed by atoms with Crippen molar-refractivity contribution in [3.8, 4) is 0 Å². The number of likely N-dealkylation sites (tertiary alicyclic amines) is 1. The number of hydrogen-bond acceptors (Lipinski definition) is 2. The van der Waals surface area contributed by atoms with Gasteiger partial charge in [0, 0.05) is 31.5 Å². The molecule has 0 spiro atoms. The van der Waals surface area contributed by atoms with Crippen LogP contribution in [0.4, 0.5) is 8.78 Å². The first-order valence-electron chi connectivity index (χ1n) is 8.34. The Morgan fingerprint density at radius 3 is 2.75 bits per heavy atom. The smallest absolute Gasteiger partial charge is 0.303 e. The average Bonchev–Trinajstić information content (AvgIpc) is 2.52. The Bertz CT molecular complexity index is 606. The molecular weight excluding hydrogens is 316 g/mol. The van der Waals surface area contributed by atoms with E-state index in [0.717, 1.165) is 25.3 Å². The van der Waals surface area contributed by atoms with Crippen LogP contribution in [0.25, 0.3) is 0 Å². The second kappa shape index (κ2) is 8.22. The highest BCUT2D eigenvalue weighted by Crippen LogP contribution is 2.27. The van der Waals surface area contributed by atoms with Gasteiger partial charge in [-0.25, -0.2) is 8.78 Å². The first kappa shape index (κ1) is 18.4. The lowest BCUT2D eigenvalue weighted by Crippen LogP contribution is -2.44. The van der Waals surface area contributed by atoms with Crippen LogP contribution in [-0.4, -0.2) is 34.5 Å². The molecule has 0 radical (unpaired) electrons. The minimum absolute atomic E-state index is 0.0383. The first-order valence-corrected chi connectivity index (χ1v) is 8.34. The third-order valence-corrected chi connectivity index (χ3v) is 4.61. The maximum atomic E-state index is 13.8. The molecule has 4 nitrogen and oxygen atoms in total. The molecule has 1 heterocycles. The summed E-state index contributed by atoms with van der Waals surface area (Å²) in [5.41, 5.74) is 0.323. The largest absolute Gasteiger partial charge is 0.481 e. The van der Waals surface area contributed by atoms with Crippen molar-refractivity contribution >= 4 is 11.9 Å². The average molecular weight is 339 g/mol. The van der Waals surface area contributed by atoms with Crippen molar-refractivity contribution in [1.29, 1.82) is 0 Å². The van der Waals surface area contributed by atoms with Crippen molar-refractivity contribution in [2.24, 2.45) is 0 Å². The summed E-state index contributed by atoms with van der Waals surface area (Å²) in [6, 6.07) is 3.33. The summed E-state index contributed by atoms with van der Waals surface area (Å²) in [5, 5.41) is 8.84. The van der Waals surface area contributed by atoms with Crippen LogP contribution in [0.3, 0.4) is 0 Å². The van der Waals surface area contributed by atoms with E-state index >= 15 is 0 Å². The molecule has 1 saturated heterocycles. The van der Waals surface area contributed by atoms with Gasteiger partial charge in [0.15, 0.2) is 0 Å². The molecular formula is C18H23F2NO3. The van der Waals surface area contributed by atoms with E-state index in [1.807, 2.05) is 0 Å². The maximum Gasteiger partial charge on any atom is 0.303 e. The summed E-state index contributed by atoms with van der Waals surface area (Å²) in [6.45, 7) is 2.35. The fourth-order valence-electron chi connectivity index (χ4n) is 3.31. The third-order valence-electron chi connectivity index (χ3n) is 4.61. The predicted octanol–water partition coefficient (Wildman–Crippen LogP) is 3.70. The number of carboxylic acid groups (broad SMARTS) is 1. The zero-order valence-corrected chi connectivity index (χ0v) is 13.8. The summed E-state index contributed by atoms with van der Waals surface area (Å²) in [7, 11) is 0. The van der Waals surface area contributed by atoms with Crippen LogP contribution in [0.2, 0.25) is 0 Å². The van der Waals surface area contributed by atoms with E-state index in [-0.39, 0.29) is 30.7 Å². The fraction of sp³-hybridized carbons (Fsp3) is 0.556. The van der Waals surface area contributed by atoms with Gasteiger partial charge in [0.1, 0.15) is 11.6 Å². The molecule has 2 atom stereocenters. The van der Waals surface area contributed by atoms with E-state index in [1.54, 1.807) is 11.8 Å². The Balaban J connectivity index is 2.01. The SMILES string of the molecule is CC(CC(=O)N1CCCCC1CCC(=O)O)c1ccc(F)cc1F. The zero-order chi connectivity index (χ0) is 17.7. The number of hydrogen-bond donors (Lipinski definition) is 1. The molecule has 0 bridgehead atoms. The Morgan fingerprint density at radius 2 is 2.08 bits per heavy atom. The molecule has 2 unspecified atom stereocenters. The normalized spacial score (nSPS) is 19.1. The van der Waals surface area contributed by atoms with Gasteiger partial charge in [-0.15, -0.1) is 0 Å². The standard InChI is InChI=1S/C18H23F2NO3/c1-12(15-7-5-13(19)11-16(15)20)10-17(22)21-9-3-2-4-14(21)6-8-18(23)24/h5,7,11-12,14H,2-4,6,8-10H2,1H3,(H,23,24). The van der Waals surface area contributed by atoms with Crippen molar-refractivity contribution in [3.63, 3.8) is 0 Å². The zero-order valence-electron chi connectivity index (χ0n) is 13.8. The predicted molar refractivity (Wildman–Crippen MR) is 85.6 cm³/mol. The second-order valence-corrected chi connectivity index (χ2v) is 6.44. The minimum atomic E-state index is -0.866. The second-order valence-electron chi connectivity index (χ2n) is 6.44. The number of carboxylic acids is 1. The first-order chi connectivity index (χ1) is 11.4. The van der Waals surface area contributed by atoms with E-state index in [9.17, 15) is 18.4 Å². The van der Waals surface area contributed by atoms with Gasteiger partial charge < -0.3 is 10.0 Å². The van der Waals surface area contributed by atoms with Crippen molar-refractivity contribution in [2.45, 2.75) is 57.4 Å². The van der Waals surface area contributed by atoms with Crippen LogP contribution in [-0.2, 0) is 9.59 Å². The highest BCUT2D eigenvalue weighted by Gasteiger charge is 2.28. The van der Waals surface area contributed by atoms with E-state index in [1.165, 1.54) is 12.1 Å². The van der Waals surface area contributed by atoms with Crippen LogP contribution < -0.4 is 0 Å². The van der Waals surface area contributed by atoms with Gasteiger partial charge in [-0.2, -0.15) is 0 Å². The van der Waals surface area contributed by atoms with E-state index in [2.05, 4.69) is 0 Å². The van der Waals surface area contributed by atoms with Gasteiger partial charge in [-0.3, -0.25) is 9.59 Å². The summed E-state index contributed by atoms with van der Waals surface area (Å²) in [5.74, 6) is -2.60. The number of amides is 1. The van der Waals surface area contributed by atoms with Gasteiger partial charge in [-0.1, -0.05) is 13.0 Å². The number of benzene rings is 1. The monoisotopic (exact) mass is 339 g/mol. The molecule has 2 rings (SSSR count). The summed E-state index contributed by atoms with van der Waals surface area (Å²) >= 11 is 0. The number of nitrogens with zero attached hydrogens (tertiary/aromatic N) is 1. The minimum Gasteiger partial charge on any atom is -0.481 e. The highest BCUT2D eigenvalue weighted by molar-refractivity contribution is 5.77. The van der Waals surface area contributed by atoms with E-state index in [4.69, 9.17) is 5.11 Å². The molecule has 1 aromatic rings. The molecule has 1 aliphatic rings. The van der Waals surface area contributed by atoms with Gasteiger partial charge in [0.05, 0.1) is 0 Å². The number of piperidine rings is 1. The number of carbonyl (C=O) groups is 2. The van der Waals surface area contributed by atoms with Crippen molar-refractivity contribution in [2.75, 3.05) is 6.54 Å². The molecule has 1 fully saturated rings. The van der Waals surface area contributed by atoms with Crippen LogP contribution >= 0.6 is 0 Å². The lowest BCUT2D eigenvalue weighted by Gasteiger charge is -2.36. The maximum absolute atomic E-state index is 13.8. The number of aliphatic carboxylic acids is 1. The van der Waals surface area contributed by atoms with Crippen molar-refractivity contribution < 1.29 is 23.5 Å². The van der Waals surface area contributed by atoms with Crippen LogP contribution in [0, 0.1) is 11.6 Å². The van der Waals surface area contributed by atoms with Crippen LogP contribution in [0.15, 0.2) is 18.2 Å². The van der Waals surface area contributed by atoms with Crippen LogP contribution in [0.5, 0.6) is 0 Å². The summed E-state index contributed by atoms with van der Waals surface area (Å²) in [6.07, 6.45) is 3.30. The molecule has 0 saturated carbocycles. The topological polar surface area (TPSA) is 57.6 Å². The highest BCUT2D eigenvalue weighted by atomic mass is 19.1. The summed E-state index contributed by atoms with van der Waals surface area (Å²) < 4.78 is 26.9. The molecule has 1 amide bonds. The van der Waals surface area contributed by atoms with Gasteiger partial charge >= 0.3 is 5.97 Å². The van der Waals surface area contributed by atoms with Gasteiger partial charge in [0.25, 0.3) is 0 Å². The molecule has 132 valence electrons. The molecule has 1 aliphatic heterocycles. The molecule has 0 aromatic heterocycles. The number of rotatable bonds is 6. The molecule has 0 aliphatic carbocycles. The third kappa shape index (κ3) is 4.76. The molecule has 6 heteroatoms. The fourth-order valence-corrected chi connectivity index (χ4v) is 3.31. The molecule has 24 heavy (non-hydrogen) atoms. The quantitative estimate of drug-likeness (QED) is 0.860. The van der Waals surface area contributed by atoms with Crippen molar-refractivity contribution in [1.82, 2.24) is 4.90 Å². The lowest BCUT2D eigenvalue weighted by atomic mass is 9.93. The Kier molecular flexibility index (Phi) is 6.29. The van der Waals surface area contributed by atoms with E-state index in [0.29, 0.717) is 18.5 Å². The molecule has 1 N–H and O–H groups in total. The number of carbonyl (C=O) groups excluding carboxylic acids is 1. The Morgan fingerprint density at radius 1 is 1.33 bits per heavy atom. The van der Waals surface area contributed by atoms with E-state index < -0.39 is 17.6 Å². The number of halogens is 2. The Hall–Kier alpha value is -1.98.